The van der Waals surface area contributed by atoms with Crippen molar-refractivity contribution in [1.82, 2.24) is 14.7 Å². The molecule has 6 nitrogen and oxygen atoms in total. The largest absolute Gasteiger partial charge is 0.493 e. The van der Waals surface area contributed by atoms with Crippen LogP contribution in [0.15, 0.2) is 36.5 Å². The van der Waals surface area contributed by atoms with Crippen LogP contribution in [0.4, 0.5) is 0 Å². The molecule has 6 heteroatoms. The summed E-state index contributed by atoms with van der Waals surface area (Å²) in [6.45, 7) is 3.64. The van der Waals surface area contributed by atoms with Crippen molar-refractivity contribution in [3.05, 3.63) is 42.2 Å². The minimum absolute atomic E-state index is 0.0350. The smallest absolute Gasteiger partial charge is 0.278 e. The van der Waals surface area contributed by atoms with Gasteiger partial charge in [0.05, 0.1) is 38.2 Å². The van der Waals surface area contributed by atoms with Gasteiger partial charge in [-0.25, -0.2) is 4.68 Å². The van der Waals surface area contributed by atoms with Crippen molar-refractivity contribution in [2.24, 2.45) is 0 Å². The van der Waals surface area contributed by atoms with E-state index in [1.807, 2.05) is 37.3 Å². The molecule has 116 valence electrons. The maximum atomic E-state index is 12.7. The van der Waals surface area contributed by atoms with Crippen LogP contribution >= 0.6 is 0 Å². The molecule has 2 aromatic rings. The van der Waals surface area contributed by atoms with Crippen LogP contribution < -0.4 is 4.74 Å². The summed E-state index contributed by atoms with van der Waals surface area (Å²) < 4.78 is 12.4. The first kappa shape index (κ1) is 14.6. The van der Waals surface area contributed by atoms with E-state index in [0.29, 0.717) is 31.2 Å². The summed E-state index contributed by atoms with van der Waals surface area (Å²) in [7, 11) is 1.55. The summed E-state index contributed by atoms with van der Waals surface area (Å²) in [5.41, 5.74) is 1.22. The molecule has 0 unspecified atom stereocenters. The fourth-order valence-corrected chi connectivity index (χ4v) is 2.53. The molecule has 0 saturated carbocycles. The molecule has 0 radical (unpaired) electrons. The first-order valence-corrected chi connectivity index (χ1v) is 7.28. The normalized spacial score (nSPS) is 18.3. The van der Waals surface area contributed by atoms with Crippen LogP contribution in [0.1, 0.15) is 17.4 Å². The number of hydrogen-bond donors (Lipinski definition) is 0. The highest BCUT2D eigenvalue weighted by atomic mass is 16.5. The van der Waals surface area contributed by atoms with Gasteiger partial charge in [0.1, 0.15) is 0 Å². The fraction of sp³-hybridized carbons (Fsp3) is 0.375. The summed E-state index contributed by atoms with van der Waals surface area (Å²) in [5.74, 6) is 0.356. The topological polar surface area (TPSA) is 56.6 Å². The maximum Gasteiger partial charge on any atom is 0.278 e. The van der Waals surface area contributed by atoms with Crippen LogP contribution in [-0.2, 0) is 4.74 Å². The van der Waals surface area contributed by atoms with Crippen molar-refractivity contribution in [3.63, 3.8) is 0 Å². The standard InChI is InChI=1S/C16H19N3O3/c1-12-11-22-9-8-18(12)16(20)15-14(21-2)10-19(17-15)13-6-4-3-5-7-13/h3-7,10,12H,8-9,11H2,1-2H3/t12-/m0/s1. The van der Waals surface area contributed by atoms with Gasteiger partial charge in [-0.1, -0.05) is 18.2 Å². The lowest BCUT2D eigenvalue weighted by Crippen LogP contribution is -2.47. The molecule has 22 heavy (non-hydrogen) atoms. The zero-order valence-corrected chi connectivity index (χ0v) is 12.7. The Kier molecular flexibility index (Phi) is 4.11. The summed E-state index contributed by atoms with van der Waals surface area (Å²) in [6, 6.07) is 9.68. The molecule has 3 rings (SSSR count). The molecule has 1 aliphatic heterocycles. The number of carbonyl (C=O) groups is 1. The number of hydrogen-bond acceptors (Lipinski definition) is 4. The SMILES string of the molecule is COc1cn(-c2ccccc2)nc1C(=O)N1CCOC[C@@H]1C. The minimum Gasteiger partial charge on any atom is -0.493 e. The number of methoxy groups -OCH3 is 1. The second-order valence-electron chi connectivity index (χ2n) is 5.25. The molecule has 2 heterocycles. The van der Waals surface area contributed by atoms with Crippen molar-refractivity contribution >= 4 is 5.91 Å². The monoisotopic (exact) mass is 301 g/mol. The maximum absolute atomic E-state index is 12.7. The van der Waals surface area contributed by atoms with E-state index in [-0.39, 0.29) is 11.9 Å². The number of nitrogens with zero attached hydrogens (tertiary/aromatic N) is 3. The van der Waals surface area contributed by atoms with Crippen molar-refractivity contribution in [1.29, 1.82) is 0 Å². The summed E-state index contributed by atoms with van der Waals surface area (Å²) in [4.78, 5) is 14.5. The summed E-state index contributed by atoms with van der Waals surface area (Å²) in [6.07, 6.45) is 1.73. The molecule has 1 aromatic heterocycles. The predicted octanol–water partition coefficient (Wildman–Crippen LogP) is 1.74. The van der Waals surface area contributed by atoms with Gasteiger partial charge in [0.2, 0.25) is 0 Å². The Morgan fingerprint density at radius 2 is 2.14 bits per heavy atom. The predicted molar refractivity (Wildman–Crippen MR) is 81.4 cm³/mol. The van der Waals surface area contributed by atoms with E-state index >= 15 is 0 Å². The Hall–Kier alpha value is -2.34. The number of morpholine rings is 1. The number of carbonyl (C=O) groups excluding carboxylic acids is 1. The molecular weight excluding hydrogens is 282 g/mol. The Bertz CT molecular complexity index is 654. The van der Waals surface area contributed by atoms with E-state index in [9.17, 15) is 4.79 Å². The van der Waals surface area contributed by atoms with E-state index in [0.717, 1.165) is 5.69 Å². The number of aromatic nitrogens is 2. The number of amides is 1. The van der Waals surface area contributed by atoms with Gasteiger partial charge in [0, 0.05) is 6.54 Å². The highest BCUT2D eigenvalue weighted by molar-refractivity contribution is 5.95. The van der Waals surface area contributed by atoms with Gasteiger partial charge in [-0.05, 0) is 19.1 Å². The molecule has 1 saturated heterocycles. The highest BCUT2D eigenvalue weighted by Gasteiger charge is 2.29. The van der Waals surface area contributed by atoms with Crippen molar-refractivity contribution in [2.45, 2.75) is 13.0 Å². The Labute approximate surface area is 129 Å². The van der Waals surface area contributed by atoms with E-state index in [2.05, 4.69) is 5.10 Å². The van der Waals surface area contributed by atoms with Crippen LogP contribution in [0.2, 0.25) is 0 Å². The Balaban J connectivity index is 1.93. The third-order valence-corrected chi connectivity index (χ3v) is 3.75. The van der Waals surface area contributed by atoms with E-state index < -0.39 is 0 Å². The molecular formula is C16H19N3O3. The van der Waals surface area contributed by atoms with E-state index in [1.165, 1.54) is 0 Å². The van der Waals surface area contributed by atoms with Gasteiger partial charge in [0.25, 0.3) is 5.91 Å². The van der Waals surface area contributed by atoms with E-state index in [4.69, 9.17) is 9.47 Å². The van der Waals surface area contributed by atoms with Gasteiger partial charge in [0.15, 0.2) is 11.4 Å². The molecule has 1 aliphatic rings. The number of para-hydroxylation sites is 1. The van der Waals surface area contributed by atoms with E-state index in [1.54, 1.807) is 22.9 Å². The van der Waals surface area contributed by atoms with Gasteiger partial charge < -0.3 is 14.4 Å². The van der Waals surface area contributed by atoms with Gasteiger partial charge in [-0.2, -0.15) is 5.10 Å². The number of benzene rings is 1. The molecule has 0 N–H and O–H groups in total. The van der Waals surface area contributed by atoms with Gasteiger partial charge in [-0.3, -0.25) is 4.79 Å². The fourth-order valence-electron chi connectivity index (χ4n) is 2.53. The third-order valence-electron chi connectivity index (χ3n) is 3.75. The van der Waals surface area contributed by atoms with Crippen LogP contribution in [0, 0.1) is 0 Å². The first-order valence-electron chi connectivity index (χ1n) is 7.28. The molecule has 1 aromatic carbocycles. The van der Waals surface area contributed by atoms with Crippen LogP contribution in [0.25, 0.3) is 5.69 Å². The van der Waals surface area contributed by atoms with Crippen molar-refractivity contribution in [2.75, 3.05) is 26.9 Å². The Morgan fingerprint density at radius 3 is 2.82 bits per heavy atom. The van der Waals surface area contributed by atoms with Gasteiger partial charge in [-0.15, -0.1) is 0 Å². The number of rotatable bonds is 3. The minimum atomic E-state index is -0.123. The summed E-state index contributed by atoms with van der Waals surface area (Å²) >= 11 is 0. The second-order valence-corrected chi connectivity index (χ2v) is 5.25. The van der Waals surface area contributed by atoms with Gasteiger partial charge >= 0.3 is 0 Å². The molecule has 1 fully saturated rings. The first-order chi connectivity index (χ1) is 10.7. The van der Waals surface area contributed by atoms with Crippen LogP contribution in [0.5, 0.6) is 5.75 Å². The lowest BCUT2D eigenvalue weighted by molar-refractivity contribution is 0.00310. The zero-order chi connectivity index (χ0) is 15.5. The molecule has 1 atom stereocenters. The molecule has 1 amide bonds. The number of ether oxygens (including phenoxy) is 2. The summed E-state index contributed by atoms with van der Waals surface area (Å²) in [5, 5.41) is 4.42. The average molecular weight is 301 g/mol. The lowest BCUT2D eigenvalue weighted by atomic mass is 10.2. The second kappa shape index (κ2) is 6.19. The molecule has 0 spiro atoms. The Morgan fingerprint density at radius 1 is 1.36 bits per heavy atom. The van der Waals surface area contributed by atoms with Crippen molar-refractivity contribution in [3.8, 4) is 11.4 Å². The quantitative estimate of drug-likeness (QED) is 0.866. The zero-order valence-electron chi connectivity index (χ0n) is 12.7. The average Bonchev–Trinajstić information content (AvgIpc) is 3.00. The lowest BCUT2D eigenvalue weighted by Gasteiger charge is -2.32. The van der Waals surface area contributed by atoms with Crippen LogP contribution in [0.3, 0.4) is 0 Å². The molecule has 0 bridgehead atoms. The van der Waals surface area contributed by atoms with Crippen molar-refractivity contribution < 1.29 is 14.3 Å². The highest BCUT2D eigenvalue weighted by Crippen LogP contribution is 2.22. The molecule has 0 aliphatic carbocycles. The van der Waals surface area contributed by atoms with Crippen LogP contribution in [-0.4, -0.2) is 53.5 Å². The third kappa shape index (κ3) is 2.69.